The average molecular weight is 867 g/mol. The average Bonchev–Trinajstić information content (AvgIpc) is 3.62. The van der Waals surface area contributed by atoms with Crippen LogP contribution in [0.25, 0.3) is 54.1 Å². The van der Waals surface area contributed by atoms with E-state index in [0.29, 0.717) is 0 Å². The second-order valence-corrected chi connectivity index (χ2v) is 16.3. The Hall–Kier alpha value is -3.31. The van der Waals surface area contributed by atoms with Gasteiger partial charge in [0.25, 0.3) is 0 Å². The van der Waals surface area contributed by atoms with E-state index in [1.807, 2.05) is 59.1 Å². The van der Waals surface area contributed by atoms with Crippen LogP contribution in [0.4, 0.5) is 0 Å². The molecule has 1 radical (unpaired) electrons. The van der Waals surface area contributed by atoms with Crippen molar-refractivity contribution in [3.63, 3.8) is 0 Å². The van der Waals surface area contributed by atoms with E-state index in [9.17, 15) is 9.90 Å². The van der Waals surface area contributed by atoms with Crippen molar-refractivity contribution in [2.45, 2.75) is 107 Å². The predicted octanol–water partition coefficient (Wildman–Crippen LogP) is 13.4. The van der Waals surface area contributed by atoms with E-state index in [-0.39, 0.29) is 47.9 Å². The van der Waals surface area contributed by atoms with Crippen LogP contribution < -0.4 is 0 Å². The van der Waals surface area contributed by atoms with Gasteiger partial charge in [-0.1, -0.05) is 91.5 Å². The van der Waals surface area contributed by atoms with Crippen LogP contribution in [0.3, 0.4) is 0 Å². The van der Waals surface area contributed by atoms with Gasteiger partial charge in [-0.05, 0) is 68.7 Å². The summed E-state index contributed by atoms with van der Waals surface area (Å²) in [7, 11) is 0. The van der Waals surface area contributed by atoms with Crippen LogP contribution in [0.1, 0.15) is 104 Å². The van der Waals surface area contributed by atoms with Crippen molar-refractivity contribution in [2.24, 2.45) is 10.8 Å². The summed E-state index contributed by atoms with van der Waals surface area (Å²) in [5, 5.41) is 16.1. The van der Waals surface area contributed by atoms with Gasteiger partial charge in [-0.25, -0.2) is 0 Å². The number of aliphatic hydroxyl groups excluding tert-OH is 1. The van der Waals surface area contributed by atoms with Crippen LogP contribution in [0.2, 0.25) is 0 Å². The van der Waals surface area contributed by atoms with Crippen molar-refractivity contribution in [3.05, 3.63) is 88.6 Å². The number of carbonyl (C=O) groups is 1. The zero-order chi connectivity index (χ0) is 35.9. The predicted molar refractivity (Wildman–Crippen MR) is 210 cm³/mol. The first-order chi connectivity index (χ1) is 23.1. The number of carbonyl (C=O) groups excluding carboxylic acids is 1. The smallest absolute Gasteiger partial charge is 0.164 e. The number of aryl methyl sites for hydroxylation is 2. The fraction of sp³-hybridized carbons (Fsp3) is 0.409. The van der Waals surface area contributed by atoms with Crippen LogP contribution in [0.15, 0.2) is 71.0 Å². The summed E-state index contributed by atoms with van der Waals surface area (Å²) in [4.78, 5) is 18.3. The number of allylic oxidation sites excluding steroid dienone is 2. The van der Waals surface area contributed by atoms with Crippen molar-refractivity contribution in [1.82, 2.24) is 4.98 Å². The number of aromatic nitrogens is 1. The summed E-state index contributed by atoms with van der Waals surface area (Å²) in [6, 6.07) is 20.7. The summed E-state index contributed by atoms with van der Waals surface area (Å²) in [6.07, 6.45) is 6.66. The molecule has 6 heteroatoms. The second-order valence-electron chi connectivity index (χ2n) is 15.1. The van der Waals surface area contributed by atoms with E-state index in [0.717, 1.165) is 58.9 Å². The topological polar surface area (TPSA) is 63.3 Å². The molecule has 4 nitrogen and oxygen atoms in total. The molecule has 0 saturated carbocycles. The van der Waals surface area contributed by atoms with Gasteiger partial charge in [0.05, 0.1) is 0 Å². The number of fused-ring (bicyclic) bond motifs is 6. The number of benzene rings is 3. The standard InChI is InChI=1S/C29H24NOS.C15H28O2.Ir/c1-16-17(2)32-24-11-10-23-26(25(16)24)21-12-13-30-27(28(21)31-23)19-14-18-8-6-7-9-20(18)22(15-19)29(3,4)5;1-7-14(5,8-2)12(16)11-13(17)15(6,9-3)10-4;/h6-13,15H,1-5H3;11,16H,7-10H2,1-6H3;/q-1;;/b;12-11-;. The van der Waals surface area contributed by atoms with Crippen LogP contribution in [0, 0.1) is 30.7 Å². The Morgan fingerprint density at radius 3 is 2.14 bits per heavy atom. The van der Waals surface area contributed by atoms with Gasteiger partial charge in [0.2, 0.25) is 0 Å². The van der Waals surface area contributed by atoms with E-state index in [2.05, 4.69) is 89.2 Å². The minimum absolute atomic E-state index is 0. The zero-order valence-electron chi connectivity index (χ0n) is 31.6. The van der Waals surface area contributed by atoms with E-state index < -0.39 is 0 Å². The maximum absolute atomic E-state index is 12.2. The third-order valence-electron chi connectivity index (χ3n) is 11.1. The molecule has 0 saturated heterocycles. The van der Waals surface area contributed by atoms with Gasteiger partial charge >= 0.3 is 0 Å². The van der Waals surface area contributed by atoms with E-state index in [1.165, 1.54) is 42.9 Å². The molecule has 0 spiro atoms. The minimum atomic E-state index is -0.337. The molecular formula is C44H52IrNO3S-. The molecule has 3 aromatic heterocycles. The molecule has 3 heterocycles. The van der Waals surface area contributed by atoms with Gasteiger partial charge in [-0.3, -0.25) is 9.78 Å². The molecular weight excluding hydrogens is 815 g/mol. The van der Waals surface area contributed by atoms with Crippen LogP contribution in [0.5, 0.6) is 0 Å². The molecule has 1 N–H and O–H groups in total. The molecule has 6 rings (SSSR count). The summed E-state index contributed by atoms with van der Waals surface area (Å²) in [6.45, 7) is 23.3. The number of hydrogen-bond acceptors (Lipinski definition) is 5. The number of nitrogens with zero attached hydrogens (tertiary/aromatic N) is 1. The molecule has 0 bridgehead atoms. The Bertz CT molecular complexity index is 2190. The maximum atomic E-state index is 12.2. The summed E-state index contributed by atoms with van der Waals surface area (Å²) < 4.78 is 7.78. The Morgan fingerprint density at radius 1 is 0.880 bits per heavy atom. The first-order valence-electron chi connectivity index (χ1n) is 17.7. The summed E-state index contributed by atoms with van der Waals surface area (Å²) in [5.41, 5.74) is 5.62. The normalized spacial score (nSPS) is 12.7. The van der Waals surface area contributed by atoms with Crippen molar-refractivity contribution in [3.8, 4) is 11.3 Å². The van der Waals surface area contributed by atoms with Gasteiger partial charge in [-0.15, -0.1) is 40.5 Å². The van der Waals surface area contributed by atoms with Crippen molar-refractivity contribution >= 4 is 59.9 Å². The third-order valence-corrected chi connectivity index (χ3v) is 12.3. The number of furan rings is 1. The van der Waals surface area contributed by atoms with E-state index in [4.69, 9.17) is 9.40 Å². The molecule has 0 fully saturated rings. The van der Waals surface area contributed by atoms with E-state index in [1.54, 1.807) is 0 Å². The van der Waals surface area contributed by atoms with Crippen LogP contribution in [-0.2, 0) is 30.3 Å². The largest absolute Gasteiger partial charge is 0.512 e. The number of ketones is 1. The molecule has 0 atom stereocenters. The molecule has 0 aliphatic heterocycles. The Morgan fingerprint density at radius 2 is 1.52 bits per heavy atom. The van der Waals surface area contributed by atoms with Gasteiger partial charge in [0.15, 0.2) is 5.78 Å². The SMILES string of the molecule is CCC(C)(CC)C(=O)/C=C(\O)C(C)(CC)CC.Cc1sc2ccc3oc4c(-c5[c-]c6ccccc6c(C(C)(C)C)c5)nccc4c3c2c1C.[Ir]. The Labute approximate surface area is 315 Å². The fourth-order valence-electron chi connectivity index (χ4n) is 6.50. The molecule has 6 aromatic rings. The monoisotopic (exact) mass is 867 g/mol. The quantitative estimate of drug-likeness (QED) is 0.0940. The number of thiophene rings is 1. The fourth-order valence-corrected chi connectivity index (χ4v) is 7.58. The number of rotatable bonds is 8. The molecule has 50 heavy (non-hydrogen) atoms. The molecule has 267 valence electrons. The number of hydrogen-bond donors (Lipinski definition) is 1. The Balaban J connectivity index is 0.000000269. The van der Waals surface area contributed by atoms with E-state index >= 15 is 0 Å². The zero-order valence-corrected chi connectivity index (χ0v) is 34.8. The third kappa shape index (κ3) is 7.22. The molecule has 0 aliphatic carbocycles. The summed E-state index contributed by atoms with van der Waals surface area (Å²) >= 11 is 1.85. The van der Waals surface area contributed by atoms with Gasteiger partial charge in [-0.2, -0.15) is 0 Å². The van der Waals surface area contributed by atoms with Crippen LogP contribution >= 0.6 is 11.3 Å². The molecule has 3 aromatic carbocycles. The van der Waals surface area contributed by atoms with Crippen molar-refractivity contribution < 1.29 is 34.4 Å². The van der Waals surface area contributed by atoms with Gasteiger partial charge < -0.3 is 9.52 Å². The molecule has 0 amide bonds. The first-order valence-corrected chi connectivity index (χ1v) is 18.5. The number of pyridine rings is 1. The van der Waals surface area contributed by atoms with Crippen molar-refractivity contribution in [1.29, 1.82) is 0 Å². The maximum Gasteiger partial charge on any atom is 0.164 e. The van der Waals surface area contributed by atoms with Gasteiger partial charge in [0.1, 0.15) is 16.9 Å². The number of aliphatic hydroxyl groups is 1. The van der Waals surface area contributed by atoms with Crippen LogP contribution in [-0.4, -0.2) is 15.9 Å². The summed E-state index contributed by atoms with van der Waals surface area (Å²) in [5.74, 6) is 0.286. The molecule has 0 aliphatic rings. The van der Waals surface area contributed by atoms with Gasteiger partial charge in [0, 0.05) is 74.6 Å². The molecule has 0 unspecified atom stereocenters. The first kappa shape index (κ1) is 39.5. The Kier molecular flexibility index (Phi) is 11.9. The minimum Gasteiger partial charge on any atom is -0.512 e. The second kappa shape index (κ2) is 15.1. The van der Waals surface area contributed by atoms with Crippen molar-refractivity contribution in [2.75, 3.05) is 0 Å².